The third kappa shape index (κ3) is 4.55. The van der Waals surface area contributed by atoms with E-state index in [4.69, 9.17) is 9.40 Å². The predicted molar refractivity (Wildman–Crippen MR) is 156 cm³/mol. The van der Waals surface area contributed by atoms with Crippen molar-refractivity contribution in [3.05, 3.63) is 120 Å². The molecule has 197 valence electrons. The molecule has 0 aliphatic carbocycles. The summed E-state index contributed by atoms with van der Waals surface area (Å²) in [4.78, 5) is 13.6. The van der Waals surface area contributed by atoms with Gasteiger partial charge in [0, 0.05) is 43.9 Å². The molecule has 0 saturated heterocycles. The topological polar surface area (TPSA) is 56.7 Å². The Morgan fingerprint density at radius 2 is 1.73 bits per heavy atom. The van der Waals surface area contributed by atoms with Crippen molar-refractivity contribution in [1.82, 2.24) is 19.5 Å². The van der Waals surface area contributed by atoms with Crippen LogP contribution in [0.1, 0.15) is 18.2 Å². The number of aryl methyl sites for hydroxylation is 1. The second kappa shape index (κ2) is 10.6. The molecule has 1 aliphatic rings. The van der Waals surface area contributed by atoms with Crippen molar-refractivity contribution in [1.29, 1.82) is 0 Å². The quantitative estimate of drug-likeness (QED) is 0.172. The van der Waals surface area contributed by atoms with Gasteiger partial charge in [0.1, 0.15) is 0 Å². The molecule has 40 heavy (non-hydrogen) atoms. The van der Waals surface area contributed by atoms with Gasteiger partial charge in [-0.1, -0.05) is 46.9 Å². The summed E-state index contributed by atoms with van der Waals surface area (Å²) >= 11 is 0. The van der Waals surface area contributed by atoms with Gasteiger partial charge in [0.2, 0.25) is 5.71 Å². The number of hydrogen-bond acceptors (Lipinski definition) is 4. The summed E-state index contributed by atoms with van der Waals surface area (Å²) in [6.45, 7) is 5.03. The van der Waals surface area contributed by atoms with E-state index in [0.29, 0.717) is 5.71 Å². The van der Waals surface area contributed by atoms with Gasteiger partial charge in [0.25, 0.3) is 0 Å². The number of benzene rings is 3. The fourth-order valence-corrected chi connectivity index (χ4v) is 5.20. The van der Waals surface area contributed by atoms with Crippen LogP contribution in [0.5, 0.6) is 0 Å². The van der Waals surface area contributed by atoms with Crippen LogP contribution in [0.2, 0.25) is 0 Å². The zero-order chi connectivity index (χ0) is 26.3. The van der Waals surface area contributed by atoms with E-state index in [1.807, 2.05) is 67.6 Å². The molecule has 6 heteroatoms. The van der Waals surface area contributed by atoms with Crippen LogP contribution < -0.4 is 0 Å². The van der Waals surface area contributed by atoms with E-state index in [-0.39, 0.29) is 20.1 Å². The van der Waals surface area contributed by atoms with Gasteiger partial charge in [0.05, 0.1) is 22.4 Å². The van der Waals surface area contributed by atoms with E-state index in [0.717, 1.165) is 56.8 Å². The minimum absolute atomic E-state index is 0. The number of fused-ring (bicyclic) bond motifs is 3. The number of rotatable bonds is 2. The number of imidazole rings is 1. The summed E-state index contributed by atoms with van der Waals surface area (Å²) in [6.07, 6.45) is 4.02. The first kappa shape index (κ1) is 25.9. The van der Waals surface area contributed by atoms with Gasteiger partial charge >= 0.3 is 0 Å². The van der Waals surface area contributed by atoms with E-state index in [1.54, 1.807) is 6.20 Å². The van der Waals surface area contributed by atoms with Gasteiger partial charge in [-0.3, -0.25) is 4.98 Å². The molecule has 0 spiro atoms. The summed E-state index contributed by atoms with van der Waals surface area (Å²) in [5, 5.41) is 2.07. The van der Waals surface area contributed by atoms with E-state index < -0.39 is 0 Å². The average molecular weight is 697 g/mol. The molecule has 0 saturated carbocycles. The molecule has 5 nitrogen and oxygen atoms in total. The molecule has 0 unspecified atom stereocenters. The maximum atomic E-state index is 5.94. The van der Waals surface area contributed by atoms with Gasteiger partial charge in [-0.05, 0) is 49.4 Å². The molecule has 8 rings (SSSR count). The van der Waals surface area contributed by atoms with Crippen LogP contribution in [0.4, 0.5) is 0 Å². The summed E-state index contributed by atoms with van der Waals surface area (Å²) in [6, 6.07) is 34.6. The molecule has 4 aromatic heterocycles. The van der Waals surface area contributed by atoms with Crippen molar-refractivity contribution in [3.8, 4) is 22.6 Å². The maximum absolute atomic E-state index is 5.94. The summed E-state index contributed by atoms with van der Waals surface area (Å²) in [5.74, 6) is 1.01. The van der Waals surface area contributed by atoms with Gasteiger partial charge in [-0.15, -0.1) is 54.1 Å². The second-order valence-electron chi connectivity index (χ2n) is 9.72. The SMILES string of the molecule is CC1=Cc2cccc3nc(-c4[c-]cccc4)n(c23)C1.Cc1ccc2c(n1)oc1c(-c3ccccn3)[c-]ccc12.[Ir]. The summed E-state index contributed by atoms with van der Waals surface area (Å²) in [5.41, 5.74) is 10.1. The normalized spacial score (nSPS) is 12.1. The number of para-hydroxylation sites is 1. The second-order valence-corrected chi connectivity index (χ2v) is 9.72. The molecule has 0 bridgehead atoms. The Kier molecular flexibility index (Phi) is 6.89. The van der Waals surface area contributed by atoms with E-state index in [2.05, 4.69) is 63.9 Å². The van der Waals surface area contributed by atoms with Gasteiger partial charge in [-0.2, -0.15) is 0 Å². The standard InChI is InChI=1S/C17H11N2O.C17H13N2.Ir/c1-11-8-9-13-12-5-4-6-14(15-7-2-3-10-18-15)16(12)20-17(13)19-11;1-12-10-14-8-5-9-15-16(14)19(11-12)17(18-15)13-6-3-2-4-7-13;/h2-5,7-10H,1H3;2-6,8-10H,11H2,1H3;/q2*-1;. The van der Waals surface area contributed by atoms with Crippen LogP contribution in [-0.4, -0.2) is 19.5 Å². The monoisotopic (exact) mass is 697 g/mol. The first-order chi connectivity index (χ1) is 19.2. The number of nitrogens with zero attached hydrogens (tertiary/aromatic N) is 4. The predicted octanol–water partition coefficient (Wildman–Crippen LogP) is 8.07. The van der Waals surface area contributed by atoms with E-state index in [1.165, 1.54) is 16.7 Å². The zero-order valence-corrected chi connectivity index (χ0v) is 24.4. The summed E-state index contributed by atoms with van der Waals surface area (Å²) in [7, 11) is 0. The molecule has 3 aromatic carbocycles. The molecular formula is C34H24IrN4O-2. The Labute approximate surface area is 245 Å². The number of pyridine rings is 2. The van der Waals surface area contributed by atoms with Crippen molar-refractivity contribution in [3.63, 3.8) is 0 Å². The third-order valence-corrected chi connectivity index (χ3v) is 6.92. The van der Waals surface area contributed by atoms with Gasteiger partial charge in [-0.25, -0.2) is 4.98 Å². The largest absolute Gasteiger partial charge is 0.486 e. The summed E-state index contributed by atoms with van der Waals surface area (Å²) < 4.78 is 8.23. The van der Waals surface area contributed by atoms with E-state index in [9.17, 15) is 0 Å². The Hall–Kier alpha value is -4.38. The minimum Gasteiger partial charge on any atom is -0.486 e. The van der Waals surface area contributed by atoms with Crippen LogP contribution in [0.25, 0.3) is 61.8 Å². The van der Waals surface area contributed by atoms with Crippen LogP contribution in [0.15, 0.2) is 101 Å². The molecule has 1 aliphatic heterocycles. The van der Waals surface area contributed by atoms with Gasteiger partial charge in [0.15, 0.2) is 0 Å². The van der Waals surface area contributed by atoms with E-state index >= 15 is 0 Å². The Morgan fingerprint density at radius 3 is 2.55 bits per heavy atom. The van der Waals surface area contributed by atoms with Crippen LogP contribution >= 0.6 is 0 Å². The van der Waals surface area contributed by atoms with Crippen molar-refractivity contribution < 1.29 is 24.5 Å². The van der Waals surface area contributed by atoms with Crippen LogP contribution in [-0.2, 0) is 26.7 Å². The Morgan fingerprint density at radius 1 is 0.825 bits per heavy atom. The number of furan rings is 1. The smallest absolute Gasteiger partial charge is 0.216 e. The van der Waals surface area contributed by atoms with Crippen molar-refractivity contribution in [2.45, 2.75) is 20.4 Å². The first-order valence-electron chi connectivity index (χ1n) is 12.9. The van der Waals surface area contributed by atoms with Crippen molar-refractivity contribution in [2.75, 3.05) is 0 Å². The van der Waals surface area contributed by atoms with Crippen molar-refractivity contribution >= 4 is 39.2 Å². The average Bonchev–Trinajstić information content (AvgIpc) is 3.53. The first-order valence-corrected chi connectivity index (χ1v) is 12.9. The fourth-order valence-electron chi connectivity index (χ4n) is 5.20. The van der Waals surface area contributed by atoms with Crippen LogP contribution in [0.3, 0.4) is 0 Å². The number of allylic oxidation sites excluding steroid dienone is 1. The zero-order valence-electron chi connectivity index (χ0n) is 22.0. The molecule has 1 radical (unpaired) electrons. The minimum atomic E-state index is 0. The molecule has 0 amide bonds. The molecule has 0 atom stereocenters. The van der Waals surface area contributed by atoms with Gasteiger partial charge < -0.3 is 14.0 Å². The Balaban J connectivity index is 0.000000141. The Bertz CT molecular complexity index is 2010. The molecular weight excluding hydrogens is 673 g/mol. The van der Waals surface area contributed by atoms with Crippen LogP contribution in [0, 0.1) is 19.1 Å². The van der Waals surface area contributed by atoms with Crippen molar-refractivity contribution in [2.24, 2.45) is 0 Å². The fraction of sp³-hybridized carbons (Fsp3) is 0.0882. The maximum Gasteiger partial charge on any atom is 0.216 e. The number of aromatic nitrogens is 4. The molecule has 7 aromatic rings. The number of hydrogen-bond donors (Lipinski definition) is 0. The molecule has 0 fully saturated rings. The molecule has 0 N–H and O–H groups in total. The third-order valence-electron chi connectivity index (χ3n) is 6.92. The molecule has 5 heterocycles.